The number of Topliss-reactive ketones (excluding diaryl/α,β-unsaturated/α-hetero) is 1. The summed E-state index contributed by atoms with van der Waals surface area (Å²) in [6.45, 7) is 3.50. The van der Waals surface area contributed by atoms with Crippen molar-refractivity contribution in [2.24, 2.45) is 5.73 Å². The topological polar surface area (TPSA) is 203 Å². The number of carbonyl (C=O) groups is 4. The number of carbonyl (C=O) groups excluding carboxylic acids is 3. The summed E-state index contributed by atoms with van der Waals surface area (Å²) in [6.07, 6.45) is 15.4. The van der Waals surface area contributed by atoms with Gasteiger partial charge in [-0.1, -0.05) is 18.1 Å². The molecule has 4 amide bonds. The predicted molar refractivity (Wildman–Crippen MR) is 208 cm³/mol. The maximum absolute atomic E-state index is 13.0. The van der Waals surface area contributed by atoms with Crippen LogP contribution in [0.2, 0.25) is 0 Å². The van der Waals surface area contributed by atoms with Gasteiger partial charge in [-0.2, -0.15) is 0 Å². The Morgan fingerprint density at radius 1 is 0.745 bits per heavy atom. The molecule has 280 valence electrons. The van der Waals surface area contributed by atoms with Gasteiger partial charge in [0.1, 0.15) is 17.3 Å². The quantitative estimate of drug-likeness (QED) is 0.163. The van der Waals surface area contributed by atoms with E-state index in [4.69, 9.17) is 12.2 Å². The number of ketones is 1. The van der Waals surface area contributed by atoms with Crippen LogP contribution < -0.4 is 36.0 Å². The number of nitrogens with one attached hydrogen (secondary N) is 2. The third kappa shape index (κ3) is 8.45. The molecule has 4 bridgehead atoms. The zero-order valence-corrected chi connectivity index (χ0v) is 29.8. The number of hydrogen-bond donors (Lipinski definition) is 4. The van der Waals surface area contributed by atoms with Gasteiger partial charge in [-0.05, 0) is 61.4 Å². The number of rotatable bonds is 6. The Balaban J connectivity index is 0.000000172. The Bertz CT molecular complexity index is 2140. The minimum absolute atomic E-state index is 0.0183. The monoisotopic (exact) mass is 741 g/mol. The SMILES string of the molecule is C#CCCC(=O)c1ccc2c(n1)N(C(=O)Nc1ccccn1)[C@H]1CCN2C1.C#CCN.O=C(O)c1ccc2c(n1)N(C(=O)Nc1ccccn1)[C@H]1CCN2C1. The van der Waals surface area contributed by atoms with Crippen molar-refractivity contribution in [1.29, 1.82) is 0 Å². The van der Waals surface area contributed by atoms with Crippen LogP contribution in [0.1, 0.15) is 46.7 Å². The van der Waals surface area contributed by atoms with Crippen LogP contribution in [0.15, 0.2) is 73.1 Å². The first-order valence-electron chi connectivity index (χ1n) is 17.6. The Labute approximate surface area is 317 Å². The first kappa shape index (κ1) is 37.7. The lowest BCUT2D eigenvalue weighted by Crippen LogP contribution is -2.48. The molecular formula is C39H39N11O5. The predicted octanol–water partition coefficient (Wildman–Crippen LogP) is 4.09. The average molecular weight is 742 g/mol. The van der Waals surface area contributed by atoms with Gasteiger partial charge in [-0.15, -0.1) is 18.8 Å². The maximum atomic E-state index is 13.0. The summed E-state index contributed by atoms with van der Waals surface area (Å²) < 4.78 is 0. The Kier molecular flexibility index (Phi) is 11.8. The first-order valence-corrected chi connectivity index (χ1v) is 17.6. The highest BCUT2D eigenvalue weighted by Crippen LogP contribution is 2.40. The smallest absolute Gasteiger partial charge is 0.354 e. The summed E-state index contributed by atoms with van der Waals surface area (Å²) in [6, 6.07) is 16.7. The van der Waals surface area contributed by atoms with E-state index in [2.05, 4.69) is 58.6 Å². The molecule has 8 heterocycles. The molecule has 2 saturated heterocycles. The number of pyridine rings is 4. The molecule has 4 aliphatic heterocycles. The number of urea groups is 2. The van der Waals surface area contributed by atoms with E-state index in [0.717, 1.165) is 50.4 Å². The highest BCUT2D eigenvalue weighted by Gasteiger charge is 2.42. The lowest BCUT2D eigenvalue weighted by atomic mass is 10.1. The van der Waals surface area contributed by atoms with Crippen LogP contribution in [-0.2, 0) is 0 Å². The molecule has 0 aliphatic carbocycles. The molecule has 4 aliphatic rings. The van der Waals surface area contributed by atoms with Gasteiger partial charge < -0.3 is 20.6 Å². The summed E-state index contributed by atoms with van der Waals surface area (Å²) >= 11 is 0. The number of terminal acetylenes is 2. The number of amides is 4. The Hall–Kier alpha value is -7.04. The van der Waals surface area contributed by atoms with Gasteiger partial charge >= 0.3 is 18.0 Å². The van der Waals surface area contributed by atoms with Gasteiger partial charge in [0.25, 0.3) is 0 Å². The lowest BCUT2D eigenvalue weighted by molar-refractivity contribution is 0.0690. The van der Waals surface area contributed by atoms with Crippen LogP contribution in [0.5, 0.6) is 0 Å². The van der Waals surface area contributed by atoms with Crippen LogP contribution in [0, 0.1) is 24.7 Å². The number of aromatic nitrogens is 4. The van der Waals surface area contributed by atoms with Gasteiger partial charge in [0.2, 0.25) is 0 Å². The van der Waals surface area contributed by atoms with Gasteiger partial charge in [0, 0.05) is 51.4 Å². The molecule has 2 atom stereocenters. The van der Waals surface area contributed by atoms with Gasteiger partial charge in [-0.3, -0.25) is 25.2 Å². The first-order chi connectivity index (χ1) is 26.7. The molecule has 8 rings (SSSR count). The molecule has 0 radical (unpaired) electrons. The lowest BCUT2D eigenvalue weighted by Gasteiger charge is -2.35. The van der Waals surface area contributed by atoms with Crippen molar-refractivity contribution >= 4 is 58.5 Å². The van der Waals surface area contributed by atoms with Crippen LogP contribution in [0.4, 0.5) is 44.2 Å². The molecule has 55 heavy (non-hydrogen) atoms. The standard InChI is InChI=1S/C20H19N5O2.C16H15N5O3.C3H5N/c1-2-3-6-17(26)15-8-9-16-19(22-15)25(14-10-12-24(16)13-14)20(27)23-18-7-4-5-11-21-18;22-15(23)11-4-5-12-14(18-11)21(10-6-8-20(12)9-10)16(24)19-13-3-1-2-7-17-13;1-2-3-4/h1,4-5,7-9,11,14H,3,6,10,12-13H2,(H,21,23,27);1-5,7,10H,6,8-9H2,(H,22,23)(H,17,19,24);1H,3-4H2/t14-;10-;/m00./s1. The third-order valence-corrected chi connectivity index (χ3v) is 9.26. The Morgan fingerprint density at radius 2 is 1.24 bits per heavy atom. The van der Waals surface area contributed by atoms with Crippen molar-refractivity contribution in [3.63, 3.8) is 0 Å². The van der Waals surface area contributed by atoms with E-state index in [0.29, 0.717) is 41.9 Å². The number of carboxylic acid groups (broad SMARTS) is 1. The molecule has 0 saturated carbocycles. The van der Waals surface area contributed by atoms with E-state index in [9.17, 15) is 24.3 Å². The highest BCUT2D eigenvalue weighted by molar-refractivity contribution is 6.06. The number of carboxylic acids is 1. The van der Waals surface area contributed by atoms with Crippen LogP contribution >= 0.6 is 0 Å². The van der Waals surface area contributed by atoms with Crippen molar-refractivity contribution < 1.29 is 24.3 Å². The summed E-state index contributed by atoms with van der Waals surface area (Å²) in [4.78, 5) is 73.8. The van der Waals surface area contributed by atoms with Crippen molar-refractivity contribution in [3.05, 3.63) is 84.4 Å². The molecule has 5 N–H and O–H groups in total. The van der Waals surface area contributed by atoms with E-state index in [-0.39, 0.29) is 42.0 Å². The van der Waals surface area contributed by atoms with E-state index in [1.807, 2.05) is 12.1 Å². The molecule has 2 fully saturated rings. The van der Waals surface area contributed by atoms with Crippen LogP contribution in [-0.4, -0.2) is 93.7 Å². The number of hydrogen-bond acceptors (Lipinski definition) is 11. The summed E-state index contributed by atoms with van der Waals surface area (Å²) in [5.74, 6) is 5.27. The van der Waals surface area contributed by atoms with Crippen molar-refractivity contribution in [3.8, 4) is 24.7 Å². The fourth-order valence-corrected chi connectivity index (χ4v) is 6.74. The number of anilines is 6. The molecule has 4 aromatic rings. The molecule has 16 nitrogen and oxygen atoms in total. The third-order valence-electron chi connectivity index (χ3n) is 9.26. The molecule has 0 unspecified atom stereocenters. The summed E-state index contributed by atoms with van der Waals surface area (Å²) in [5, 5.41) is 14.8. The van der Waals surface area contributed by atoms with Gasteiger partial charge in [-0.25, -0.2) is 34.3 Å². The fraction of sp³-hybridized carbons (Fsp3) is 0.282. The van der Waals surface area contributed by atoms with E-state index >= 15 is 0 Å². The van der Waals surface area contributed by atoms with E-state index < -0.39 is 5.97 Å². The number of fused-ring (bicyclic) bond motifs is 8. The number of nitrogens with zero attached hydrogens (tertiary/aromatic N) is 8. The van der Waals surface area contributed by atoms with Crippen molar-refractivity contribution in [2.75, 3.05) is 63.0 Å². The molecule has 0 spiro atoms. The highest BCUT2D eigenvalue weighted by atomic mass is 16.4. The van der Waals surface area contributed by atoms with E-state index in [1.165, 1.54) is 6.07 Å². The maximum Gasteiger partial charge on any atom is 0.354 e. The second-order valence-electron chi connectivity index (χ2n) is 12.7. The zero-order valence-electron chi connectivity index (χ0n) is 29.8. The zero-order chi connectivity index (χ0) is 38.9. The normalized spacial score (nSPS) is 16.8. The van der Waals surface area contributed by atoms with Crippen LogP contribution in [0.25, 0.3) is 0 Å². The molecule has 4 aromatic heterocycles. The summed E-state index contributed by atoms with van der Waals surface area (Å²) in [5.41, 5.74) is 6.70. The molecule has 16 heteroatoms. The minimum Gasteiger partial charge on any atom is -0.477 e. The summed E-state index contributed by atoms with van der Waals surface area (Å²) in [7, 11) is 0. The number of aromatic carboxylic acids is 1. The fourth-order valence-electron chi connectivity index (χ4n) is 6.74. The van der Waals surface area contributed by atoms with Gasteiger partial charge in [0.05, 0.1) is 30.0 Å². The van der Waals surface area contributed by atoms with Crippen LogP contribution in [0.3, 0.4) is 0 Å². The van der Waals surface area contributed by atoms with Gasteiger partial charge in [0.15, 0.2) is 23.1 Å². The molecular weight excluding hydrogens is 703 g/mol. The number of nitrogens with two attached hydrogens (primary N) is 1. The second-order valence-corrected chi connectivity index (χ2v) is 12.7. The van der Waals surface area contributed by atoms with Crippen molar-refractivity contribution in [2.45, 2.75) is 37.8 Å². The largest absolute Gasteiger partial charge is 0.477 e. The van der Waals surface area contributed by atoms with Crippen molar-refractivity contribution in [1.82, 2.24) is 19.9 Å². The Morgan fingerprint density at radius 3 is 1.67 bits per heavy atom. The second kappa shape index (κ2) is 17.2. The average Bonchev–Trinajstić information content (AvgIpc) is 3.83. The minimum atomic E-state index is -1.11. The molecule has 0 aromatic carbocycles. The van der Waals surface area contributed by atoms with E-state index in [1.54, 1.807) is 64.7 Å².